The van der Waals surface area contributed by atoms with Gasteiger partial charge >= 0.3 is 0 Å². The molecule has 1 heterocycles. The summed E-state index contributed by atoms with van der Waals surface area (Å²) < 4.78 is 5.14. The second kappa shape index (κ2) is 6.99. The van der Waals surface area contributed by atoms with E-state index in [1.807, 2.05) is 6.92 Å². The third kappa shape index (κ3) is 3.70. The predicted molar refractivity (Wildman–Crippen MR) is 84.4 cm³/mol. The number of furan rings is 1. The number of hydrogen-bond acceptors (Lipinski definition) is 3. The van der Waals surface area contributed by atoms with Crippen molar-refractivity contribution in [2.75, 3.05) is 0 Å². The highest BCUT2D eigenvalue weighted by atomic mass is 16.3. The molecule has 1 fully saturated rings. The van der Waals surface area contributed by atoms with E-state index < -0.39 is 5.54 Å². The molecule has 2 rings (SSSR count). The molecular formula is C17H26N2O3. The van der Waals surface area contributed by atoms with E-state index >= 15 is 0 Å². The van der Waals surface area contributed by atoms with Crippen LogP contribution in [0.2, 0.25) is 0 Å². The van der Waals surface area contributed by atoms with Gasteiger partial charge in [-0.1, -0.05) is 33.1 Å². The van der Waals surface area contributed by atoms with Gasteiger partial charge in [-0.15, -0.1) is 0 Å². The summed E-state index contributed by atoms with van der Waals surface area (Å²) in [5.74, 6) is 0.201. The molecular weight excluding hydrogens is 280 g/mol. The van der Waals surface area contributed by atoms with Crippen LogP contribution in [0.25, 0.3) is 0 Å². The normalized spacial score (nSPS) is 18.7. The van der Waals surface area contributed by atoms with E-state index in [1.165, 1.54) is 6.26 Å². The van der Waals surface area contributed by atoms with Gasteiger partial charge in [0.1, 0.15) is 5.54 Å². The van der Waals surface area contributed by atoms with Crippen LogP contribution in [-0.2, 0) is 4.79 Å². The minimum Gasteiger partial charge on any atom is -0.459 e. The van der Waals surface area contributed by atoms with Gasteiger partial charge in [0.05, 0.1) is 6.26 Å². The molecule has 1 aromatic heterocycles. The summed E-state index contributed by atoms with van der Waals surface area (Å²) in [6, 6.07) is 3.36. The zero-order valence-electron chi connectivity index (χ0n) is 13.6. The van der Waals surface area contributed by atoms with Crippen LogP contribution in [0.1, 0.15) is 63.4 Å². The van der Waals surface area contributed by atoms with E-state index in [-0.39, 0.29) is 23.6 Å². The first-order valence-corrected chi connectivity index (χ1v) is 8.11. The summed E-state index contributed by atoms with van der Waals surface area (Å²) in [4.78, 5) is 25.1. The largest absolute Gasteiger partial charge is 0.459 e. The van der Waals surface area contributed by atoms with Crippen molar-refractivity contribution in [1.82, 2.24) is 10.6 Å². The number of rotatable bonds is 5. The third-order valence-corrected chi connectivity index (χ3v) is 4.60. The van der Waals surface area contributed by atoms with E-state index in [9.17, 15) is 9.59 Å². The molecule has 0 radical (unpaired) electrons. The Morgan fingerprint density at radius 2 is 1.86 bits per heavy atom. The maximum atomic E-state index is 12.8. The molecule has 1 aliphatic carbocycles. The van der Waals surface area contributed by atoms with Gasteiger partial charge in [-0.3, -0.25) is 9.59 Å². The van der Waals surface area contributed by atoms with Crippen molar-refractivity contribution >= 4 is 11.8 Å². The van der Waals surface area contributed by atoms with Crippen molar-refractivity contribution in [1.29, 1.82) is 0 Å². The van der Waals surface area contributed by atoms with Gasteiger partial charge < -0.3 is 15.1 Å². The van der Waals surface area contributed by atoms with Crippen LogP contribution < -0.4 is 10.6 Å². The molecule has 0 saturated heterocycles. The molecule has 0 aliphatic heterocycles. The van der Waals surface area contributed by atoms with Crippen molar-refractivity contribution in [2.24, 2.45) is 5.92 Å². The highest BCUT2D eigenvalue weighted by Crippen LogP contribution is 2.29. The summed E-state index contributed by atoms with van der Waals surface area (Å²) in [5.41, 5.74) is -0.814. The molecule has 5 heteroatoms. The lowest BCUT2D eigenvalue weighted by molar-refractivity contribution is -0.129. The molecule has 0 spiro atoms. The van der Waals surface area contributed by atoms with Crippen LogP contribution in [0.4, 0.5) is 0 Å². The number of hydrogen-bond donors (Lipinski definition) is 2. The van der Waals surface area contributed by atoms with E-state index in [0.717, 1.165) is 19.3 Å². The van der Waals surface area contributed by atoms with E-state index in [2.05, 4.69) is 24.5 Å². The molecule has 1 aromatic rings. The maximum absolute atomic E-state index is 12.8. The summed E-state index contributed by atoms with van der Waals surface area (Å²) in [6.07, 6.45) is 5.81. The van der Waals surface area contributed by atoms with Gasteiger partial charge in [-0.05, 0) is 37.8 Å². The fraction of sp³-hybridized carbons (Fsp3) is 0.647. The number of amides is 2. The Balaban J connectivity index is 2.13. The van der Waals surface area contributed by atoms with Crippen LogP contribution in [0.3, 0.4) is 0 Å². The average Bonchev–Trinajstić information content (AvgIpc) is 3.02. The summed E-state index contributed by atoms with van der Waals surface area (Å²) in [6.45, 7) is 6.13. The smallest absolute Gasteiger partial charge is 0.287 e. The Bertz CT molecular complexity index is 502. The number of carbonyl (C=O) groups is 2. The average molecular weight is 306 g/mol. The first kappa shape index (κ1) is 16.6. The zero-order chi connectivity index (χ0) is 16.2. The van der Waals surface area contributed by atoms with Gasteiger partial charge in [0.2, 0.25) is 5.91 Å². The molecule has 1 saturated carbocycles. The molecule has 0 aromatic carbocycles. The van der Waals surface area contributed by atoms with Crippen molar-refractivity contribution in [3.8, 4) is 0 Å². The lowest BCUT2D eigenvalue weighted by atomic mass is 9.80. The van der Waals surface area contributed by atoms with Crippen molar-refractivity contribution in [3.05, 3.63) is 24.2 Å². The lowest BCUT2D eigenvalue weighted by Crippen LogP contribution is -2.61. The standard InChI is InChI=1S/C17H26N2O3/c1-12(2)13(3)18-16(21)17(9-5-4-6-10-17)19-15(20)14-8-7-11-22-14/h7-8,11-13H,4-6,9-10H2,1-3H3,(H,18,21)(H,19,20)/t13-/m1/s1. The molecule has 122 valence electrons. The predicted octanol–water partition coefficient (Wildman–Crippen LogP) is 2.87. The molecule has 0 bridgehead atoms. The number of nitrogens with one attached hydrogen (secondary N) is 2. The minimum absolute atomic E-state index is 0.0756. The van der Waals surface area contributed by atoms with Gasteiger partial charge in [-0.25, -0.2) is 0 Å². The molecule has 0 unspecified atom stereocenters. The van der Waals surface area contributed by atoms with E-state index in [1.54, 1.807) is 12.1 Å². The van der Waals surface area contributed by atoms with Crippen LogP contribution >= 0.6 is 0 Å². The van der Waals surface area contributed by atoms with Crippen LogP contribution in [-0.4, -0.2) is 23.4 Å². The van der Waals surface area contributed by atoms with Crippen LogP contribution in [0.5, 0.6) is 0 Å². The van der Waals surface area contributed by atoms with Gasteiger partial charge in [0.25, 0.3) is 5.91 Å². The van der Waals surface area contributed by atoms with Crippen molar-refractivity contribution < 1.29 is 14.0 Å². The topological polar surface area (TPSA) is 71.3 Å². The van der Waals surface area contributed by atoms with Crippen LogP contribution in [0, 0.1) is 5.92 Å². The third-order valence-electron chi connectivity index (χ3n) is 4.60. The molecule has 5 nitrogen and oxygen atoms in total. The first-order chi connectivity index (χ1) is 10.4. The second-order valence-corrected chi connectivity index (χ2v) is 6.58. The van der Waals surface area contributed by atoms with Gasteiger partial charge in [0, 0.05) is 6.04 Å². The molecule has 1 aliphatic rings. The molecule has 22 heavy (non-hydrogen) atoms. The summed E-state index contributed by atoms with van der Waals surface area (Å²) in [7, 11) is 0. The Hall–Kier alpha value is -1.78. The summed E-state index contributed by atoms with van der Waals surface area (Å²) >= 11 is 0. The Kier molecular flexibility index (Phi) is 5.27. The minimum atomic E-state index is -0.814. The Morgan fingerprint density at radius 1 is 1.18 bits per heavy atom. The molecule has 2 N–H and O–H groups in total. The van der Waals surface area contributed by atoms with Crippen molar-refractivity contribution in [3.63, 3.8) is 0 Å². The SMILES string of the molecule is CC(C)[C@@H](C)NC(=O)C1(NC(=O)c2ccco2)CCCCC1. The monoisotopic (exact) mass is 306 g/mol. The fourth-order valence-corrected chi connectivity index (χ4v) is 2.76. The maximum Gasteiger partial charge on any atom is 0.287 e. The fourth-order valence-electron chi connectivity index (χ4n) is 2.76. The first-order valence-electron chi connectivity index (χ1n) is 8.11. The van der Waals surface area contributed by atoms with E-state index in [0.29, 0.717) is 18.8 Å². The molecule has 1 atom stereocenters. The second-order valence-electron chi connectivity index (χ2n) is 6.58. The Morgan fingerprint density at radius 3 is 2.41 bits per heavy atom. The highest BCUT2D eigenvalue weighted by Gasteiger charge is 2.41. The van der Waals surface area contributed by atoms with Gasteiger partial charge in [-0.2, -0.15) is 0 Å². The van der Waals surface area contributed by atoms with Crippen molar-refractivity contribution in [2.45, 2.75) is 64.5 Å². The van der Waals surface area contributed by atoms with Crippen LogP contribution in [0.15, 0.2) is 22.8 Å². The van der Waals surface area contributed by atoms with Gasteiger partial charge in [0.15, 0.2) is 5.76 Å². The number of carbonyl (C=O) groups excluding carboxylic acids is 2. The summed E-state index contributed by atoms with van der Waals surface area (Å²) in [5, 5.41) is 5.99. The molecule has 2 amide bonds. The zero-order valence-corrected chi connectivity index (χ0v) is 13.6. The highest BCUT2D eigenvalue weighted by molar-refractivity contribution is 5.97. The quantitative estimate of drug-likeness (QED) is 0.878. The lowest BCUT2D eigenvalue weighted by Gasteiger charge is -2.37. The Labute approximate surface area is 131 Å². The van der Waals surface area contributed by atoms with E-state index in [4.69, 9.17) is 4.42 Å².